The molecule has 2 N–H and O–H groups in total. The lowest BCUT2D eigenvalue weighted by atomic mass is 10.2. The van der Waals surface area contributed by atoms with Crippen LogP contribution in [0.25, 0.3) is 0 Å². The van der Waals surface area contributed by atoms with Crippen LogP contribution in [0.3, 0.4) is 0 Å². The summed E-state index contributed by atoms with van der Waals surface area (Å²) in [6.07, 6.45) is 0.909. The van der Waals surface area contributed by atoms with E-state index < -0.39 is 0 Å². The molecular weight excluding hydrogens is 228 g/mol. The number of nitrogens with two attached hydrogens (primary N) is 1. The molecule has 1 heterocycles. The lowest BCUT2D eigenvalue weighted by molar-refractivity contribution is 0.307. The van der Waals surface area contributed by atoms with Crippen molar-refractivity contribution in [3.05, 3.63) is 12.1 Å². The Balaban J connectivity index is 2.80. The van der Waals surface area contributed by atoms with E-state index in [-0.39, 0.29) is 5.92 Å². The molecule has 0 radical (unpaired) electrons. The van der Waals surface area contributed by atoms with Gasteiger partial charge in [0.25, 0.3) is 0 Å². The molecule has 1 aromatic rings. The van der Waals surface area contributed by atoms with Crippen molar-refractivity contribution in [1.82, 2.24) is 4.98 Å². The smallest absolute Gasteiger partial charge is 0.239 e. The van der Waals surface area contributed by atoms with Crippen LogP contribution in [0.15, 0.2) is 12.1 Å². The average molecular weight is 248 g/mol. The summed E-state index contributed by atoms with van der Waals surface area (Å²) in [4.78, 5) is 6.29. The van der Waals surface area contributed by atoms with E-state index in [0.29, 0.717) is 24.7 Å². The van der Waals surface area contributed by atoms with E-state index in [1.54, 1.807) is 6.07 Å². The molecule has 5 nitrogen and oxygen atoms in total. The van der Waals surface area contributed by atoms with Crippen LogP contribution in [-0.2, 0) is 0 Å². The average Bonchev–Trinajstić information content (AvgIpc) is 2.37. The highest BCUT2D eigenvalue weighted by Gasteiger charge is 2.10. The second kappa shape index (κ2) is 6.70. The molecule has 0 bridgehead atoms. The Bertz CT molecular complexity index is 427. The molecule has 0 amide bonds. The van der Waals surface area contributed by atoms with Crippen molar-refractivity contribution in [2.45, 2.75) is 20.3 Å². The van der Waals surface area contributed by atoms with Crippen molar-refractivity contribution in [3.63, 3.8) is 0 Å². The number of ether oxygens (including phenoxy) is 1. The zero-order valence-corrected chi connectivity index (χ0v) is 11.2. The van der Waals surface area contributed by atoms with Crippen molar-refractivity contribution >= 4 is 11.5 Å². The fourth-order valence-corrected chi connectivity index (χ4v) is 1.51. The first-order chi connectivity index (χ1) is 8.58. The Morgan fingerprint density at radius 2 is 2.28 bits per heavy atom. The van der Waals surface area contributed by atoms with Crippen molar-refractivity contribution in [2.75, 3.05) is 30.8 Å². The third-order valence-corrected chi connectivity index (χ3v) is 2.48. The van der Waals surface area contributed by atoms with Gasteiger partial charge in [0, 0.05) is 13.6 Å². The molecule has 0 aliphatic carbocycles. The summed E-state index contributed by atoms with van der Waals surface area (Å²) < 4.78 is 5.48. The topological polar surface area (TPSA) is 75.2 Å². The van der Waals surface area contributed by atoms with E-state index >= 15 is 0 Å². The van der Waals surface area contributed by atoms with Crippen LogP contribution in [0.4, 0.5) is 11.5 Å². The monoisotopic (exact) mass is 248 g/mol. The van der Waals surface area contributed by atoms with Crippen LogP contribution in [-0.4, -0.2) is 25.2 Å². The van der Waals surface area contributed by atoms with Gasteiger partial charge in [0.2, 0.25) is 5.88 Å². The van der Waals surface area contributed by atoms with E-state index in [1.165, 1.54) is 0 Å². The van der Waals surface area contributed by atoms with E-state index in [0.717, 1.165) is 12.2 Å². The molecule has 1 atom stereocenters. The summed E-state index contributed by atoms with van der Waals surface area (Å²) in [6, 6.07) is 5.81. The highest BCUT2D eigenvalue weighted by atomic mass is 16.5. The Hall–Kier alpha value is -1.96. The van der Waals surface area contributed by atoms with E-state index in [9.17, 15) is 0 Å². The highest BCUT2D eigenvalue weighted by Crippen LogP contribution is 2.23. The van der Waals surface area contributed by atoms with Gasteiger partial charge in [-0.1, -0.05) is 6.92 Å². The molecule has 98 valence electrons. The Kier molecular flexibility index (Phi) is 5.25. The van der Waals surface area contributed by atoms with Crippen LogP contribution >= 0.6 is 0 Å². The number of nitrogens with zero attached hydrogens (tertiary/aromatic N) is 3. The fraction of sp³-hybridized carbons (Fsp3) is 0.538. The maximum absolute atomic E-state index is 8.80. The van der Waals surface area contributed by atoms with Crippen molar-refractivity contribution in [2.24, 2.45) is 5.92 Å². The number of aromatic nitrogens is 1. The standard InChI is InChI=1S/C13H20N4O/c1-4-7-18-13-11(15)5-6-12(16-13)17(3)9-10(2)8-14/h5-6,10H,4,7,9,15H2,1-3H3. The molecule has 1 aromatic heterocycles. The van der Waals surface area contributed by atoms with Gasteiger partial charge in [0.1, 0.15) is 5.82 Å². The van der Waals surface area contributed by atoms with Crippen LogP contribution < -0.4 is 15.4 Å². The van der Waals surface area contributed by atoms with Crippen LogP contribution in [0.2, 0.25) is 0 Å². The predicted octanol–water partition coefficient (Wildman–Crippen LogP) is 2.05. The lowest BCUT2D eigenvalue weighted by Gasteiger charge is -2.20. The zero-order valence-electron chi connectivity index (χ0n) is 11.2. The molecule has 0 aliphatic heterocycles. The first-order valence-electron chi connectivity index (χ1n) is 6.08. The fourth-order valence-electron chi connectivity index (χ4n) is 1.51. The minimum Gasteiger partial charge on any atom is -0.476 e. The maximum atomic E-state index is 8.80. The molecular formula is C13H20N4O. The van der Waals surface area contributed by atoms with Crippen LogP contribution in [0, 0.1) is 17.2 Å². The van der Waals surface area contributed by atoms with Crippen LogP contribution in [0.1, 0.15) is 20.3 Å². The summed E-state index contributed by atoms with van der Waals surface area (Å²) in [5, 5.41) is 8.80. The number of nitriles is 1. The second-order valence-corrected chi connectivity index (χ2v) is 4.32. The van der Waals surface area contributed by atoms with Gasteiger partial charge in [-0.2, -0.15) is 10.2 Å². The van der Waals surface area contributed by atoms with Crippen molar-refractivity contribution in [1.29, 1.82) is 5.26 Å². The largest absolute Gasteiger partial charge is 0.476 e. The summed E-state index contributed by atoms with van der Waals surface area (Å²) in [6.45, 7) is 5.13. The van der Waals surface area contributed by atoms with Gasteiger partial charge in [-0.05, 0) is 25.5 Å². The highest BCUT2D eigenvalue weighted by molar-refractivity contribution is 5.54. The third kappa shape index (κ3) is 3.81. The van der Waals surface area contributed by atoms with Gasteiger partial charge >= 0.3 is 0 Å². The summed E-state index contributed by atoms with van der Waals surface area (Å²) in [7, 11) is 1.90. The zero-order chi connectivity index (χ0) is 13.5. The molecule has 0 aromatic carbocycles. The normalized spacial score (nSPS) is 11.7. The van der Waals surface area contributed by atoms with Crippen LogP contribution in [0.5, 0.6) is 5.88 Å². The Morgan fingerprint density at radius 1 is 1.56 bits per heavy atom. The lowest BCUT2D eigenvalue weighted by Crippen LogP contribution is -2.24. The van der Waals surface area contributed by atoms with E-state index in [2.05, 4.69) is 11.1 Å². The molecule has 0 spiro atoms. The first-order valence-corrected chi connectivity index (χ1v) is 6.08. The Morgan fingerprint density at radius 3 is 2.89 bits per heavy atom. The maximum Gasteiger partial charge on any atom is 0.239 e. The first kappa shape index (κ1) is 14.1. The van der Waals surface area contributed by atoms with Crippen molar-refractivity contribution < 1.29 is 4.74 Å². The number of pyridine rings is 1. The number of hydrogen-bond acceptors (Lipinski definition) is 5. The summed E-state index contributed by atoms with van der Waals surface area (Å²) in [5.41, 5.74) is 6.34. The van der Waals surface area contributed by atoms with Gasteiger partial charge in [0.15, 0.2) is 0 Å². The molecule has 0 aliphatic rings. The van der Waals surface area contributed by atoms with Gasteiger partial charge in [-0.3, -0.25) is 0 Å². The SMILES string of the molecule is CCCOc1nc(N(C)CC(C)C#N)ccc1N. The number of anilines is 2. The van der Waals surface area contributed by atoms with Gasteiger partial charge in [0.05, 0.1) is 24.3 Å². The third-order valence-electron chi connectivity index (χ3n) is 2.48. The number of hydrogen-bond donors (Lipinski definition) is 1. The van der Waals surface area contributed by atoms with E-state index in [4.69, 9.17) is 15.7 Å². The molecule has 1 unspecified atom stereocenters. The van der Waals surface area contributed by atoms with E-state index in [1.807, 2.05) is 31.9 Å². The molecule has 0 fully saturated rings. The molecule has 5 heteroatoms. The molecule has 18 heavy (non-hydrogen) atoms. The molecule has 0 saturated carbocycles. The van der Waals surface area contributed by atoms with Crippen molar-refractivity contribution in [3.8, 4) is 11.9 Å². The number of rotatable bonds is 6. The predicted molar refractivity (Wildman–Crippen MR) is 72.5 cm³/mol. The second-order valence-electron chi connectivity index (χ2n) is 4.32. The molecule has 0 saturated heterocycles. The minimum atomic E-state index is -0.0469. The number of nitrogen functional groups attached to an aromatic ring is 1. The molecule has 1 rings (SSSR count). The summed E-state index contributed by atoms with van der Waals surface area (Å²) in [5.74, 6) is 1.18. The van der Waals surface area contributed by atoms with Gasteiger partial charge < -0.3 is 15.4 Å². The summed E-state index contributed by atoms with van der Waals surface area (Å²) >= 11 is 0. The Labute approximate surface area is 108 Å². The minimum absolute atomic E-state index is 0.0469. The quantitative estimate of drug-likeness (QED) is 0.833. The van der Waals surface area contributed by atoms with Gasteiger partial charge in [-0.25, -0.2) is 0 Å². The van der Waals surface area contributed by atoms with Gasteiger partial charge in [-0.15, -0.1) is 0 Å².